The van der Waals surface area contributed by atoms with Gasteiger partial charge in [-0.1, -0.05) is 42.5 Å². The van der Waals surface area contributed by atoms with Crippen molar-refractivity contribution in [1.82, 2.24) is 4.98 Å². The summed E-state index contributed by atoms with van der Waals surface area (Å²) in [6.07, 6.45) is 0.924. The molecule has 5 nitrogen and oxygen atoms in total. The van der Waals surface area contributed by atoms with Crippen LogP contribution in [0.4, 0.5) is 0 Å². The molecule has 0 fully saturated rings. The van der Waals surface area contributed by atoms with Gasteiger partial charge in [0.05, 0.1) is 18.6 Å². The Labute approximate surface area is 147 Å². The standard InChI is InChI=1S/C20H23NO4/c1-13-10-19(15-6-4-3-5-7-15)18(14(2)21-13)9-8-16(22)11-17(23)12-20(24)25/h3-10,16-17,22-23H,11-12H2,1-2H3,(H,24,25). The van der Waals surface area contributed by atoms with Gasteiger partial charge < -0.3 is 15.3 Å². The number of pyridine rings is 1. The van der Waals surface area contributed by atoms with Gasteiger partial charge in [0, 0.05) is 23.4 Å². The predicted octanol–water partition coefficient (Wildman–Crippen LogP) is 2.97. The number of aliphatic carboxylic acids is 1. The van der Waals surface area contributed by atoms with Gasteiger partial charge in [-0.3, -0.25) is 9.78 Å². The van der Waals surface area contributed by atoms with Gasteiger partial charge >= 0.3 is 5.97 Å². The average molecular weight is 341 g/mol. The Morgan fingerprint density at radius 3 is 2.52 bits per heavy atom. The number of aliphatic hydroxyl groups excluding tert-OH is 2. The van der Waals surface area contributed by atoms with Gasteiger partial charge in [0.25, 0.3) is 0 Å². The van der Waals surface area contributed by atoms with Crippen molar-refractivity contribution < 1.29 is 20.1 Å². The fourth-order valence-corrected chi connectivity index (χ4v) is 2.76. The van der Waals surface area contributed by atoms with Gasteiger partial charge in [-0.05, 0) is 31.0 Å². The van der Waals surface area contributed by atoms with Crippen LogP contribution in [0.25, 0.3) is 17.2 Å². The Balaban J connectivity index is 2.25. The molecule has 0 saturated carbocycles. The number of carbonyl (C=O) groups is 1. The van der Waals surface area contributed by atoms with Gasteiger partial charge in [-0.2, -0.15) is 0 Å². The van der Waals surface area contributed by atoms with E-state index in [1.807, 2.05) is 50.2 Å². The minimum atomic E-state index is -1.09. The summed E-state index contributed by atoms with van der Waals surface area (Å²) in [7, 11) is 0. The van der Waals surface area contributed by atoms with Crippen LogP contribution in [0, 0.1) is 13.8 Å². The number of aromatic nitrogens is 1. The number of aliphatic hydroxyl groups is 2. The lowest BCUT2D eigenvalue weighted by Gasteiger charge is -2.13. The summed E-state index contributed by atoms with van der Waals surface area (Å²) in [5.41, 5.74) is 4.71. The molecule has 2 rings (SSSR count). The molecule has 0 bridgehead atoms. The van der Waals surface area contributed by atoms with Crippen LogP contribution < -0.4 is 0 Å². The summed E-state index contributed by atoms with van der Waals surface area (Å²) in [5.74, 6) is -1.09. The molecule has 25 heavy (non-hydrogen) atoms. The van der Waals surface area contributed by atoms with E-state index in [4.69, 9.17) is 5.11 Å². The first-order valence-electron chi connectivity index (χ1n) is 8.16. The molecule has 0 saturated heterocycles. The number of hydrogen-bond donors (Lipinski definition) is 3. The second-order valence-electron chi connectivity index (χ2n) is 6.09. The lowest BCUT2D eigenvalue weighted by Crippen LogP contribution is -2.19. The van der Waals surface area contributed by atoms with Crippen LogP contribution in [0.3, 0.4) is 0 Å². The fourth-order valence-electron chi connectivity index (χ4n) is 2.76. The molecule has 2 aromatic rings. The minimum Gasteiger partial charge on any atom is -0.481 e. The van der Waals surface area contributed by atoms with Crippen LogP contribution in [0.2, 0.25) is 0 Å². The van der Waals surface area contributed by atoms with E-state index in [1.54, 1.807) is 12.2 Å². The molecule has 3 N–H and O–H groups in total. The first-order valence-corrected chi connectivity index (χ1v) is 8.16. The van der Waals surface area contributed by atoms with Gasteiger partial charge in [0.15, 0.2) is 0 Å². The molecular weight excluding hydrogens is 318 g/mol. The number of hydrogen-bond acceptors (Lipinski definition) is 4. The normalized spacial score (nSPS) is 13.8. The molecule has 2 atom stereocenters. The number of benzene rings is 1. The van der Waals surface area contributed by atoms with E-state index >= 15 is 0 Å². The van der Waals surface area contributed by atoms with E-state index < -0.39 is 18.2 Å². The van der Waals surface area contributed by atoms with Crippen molar-refractivity contribution in [2.75, 3.05) is 0 Å². The van der Waals surface area contributed by atoms with Crippen LogP contribution in [0.1, 0.15) is 29.8 Å². The molecule has 2 unspecified atom stereocenters. The van der Waals surface area contributed by atoms with E-state index in [2.05, 4.69) is 4.98 Å². The highest BCUT2D eigenvalue weighted by molar-refractivity contribution is 5.76. The topological polar surface area (TPSA) is 90.7 Å². The first kappa shape index (κ1) is 18.8. The molecule has 132 valence electrons. The lowest BCUT2D eigenvalue weighted by molar-refractivity contribution is -0.139. The van der Waals surface area contributed by atoms with E-state index in [-0.39, 0.29) is 12.8 Å². The highest BCUT2D eigenvalue weighted by Gasteiger charge is 2.14. The maximum atomic E-state index is 10.6. The number of rotatable bonds is 7. The smallest absolute Gasteiger partial charge is 0.305 e. The van der Waals surface area contributed by atoms with Crippen molar-refractivity contribution in [3.63, 3.8) is 0 Å². The molecule has 1 aromatic carbocycles. The van der Waals surface area contributed by atoms with Crippen molar-refractivity contribution in [3.05, 3.63) is 59.4 Å². The number of nitrogens with zero attached hydrogens (tertiary/aromatic N) is 1. The molecule has 0 aliphatic heterocycles. The highest BCUT2D eigenvalue weighted by atomic mass is 16.4. The van der Waals surface area contributed by atoms with Crippen LogP contribution in [-0.2, 0) is 4.79 Å². The van der Waals surface area contributed by atoms with Crippen molar-refractivity contribution in [2.45, 2.75) is 38.9 Å². The number of aryl methyl sites for hydroxylation is 2. The van der Waals surface area contributed by atoms with Gasteiger partial charge in [-0.15, -0.1) is 0 Å². The molecule has 0 spiro atoms. The Morgan fingerprint density at radius 2 is 1.88 bits per heavy atom. The summed E-state index contributed by atoms with van der Waals surface area (Å²) in [5, 5.41) is 28.3. The van der Waals surface area contributed by atoms with Gasteiger partial charge in [0.2, 0.25) is 0 Å². The van der Waals surface area contributed by atoms with E-state index in [9.17, 15) is 15.0 Å². The third kappa shape index (κ3) is 5.52. The summed E-state index contributed by atoms with van der Waals surface area (Å²) < 4.78 is 0. The Kier molecular flexibility index (Phi) is 6.44. The minimum absolute atomic E-state index is 0.0260. The third-order valence-corrected chi connectivity index (χ3v) is 3.87. The molecule has 0 aliphatic rings. The van der Waals surface area contributed by atoms with Gasteiger partial charge in [0.1, 0.15) is 0 Å². The van der Waals surface area contributed by atoms with E-state index in [0.717, 1.165) is 28.1 Å². The summed E-state index contributed by atoms with van der Waals surface area (Å²) in [6, 6.07) is 11.9. The van der Waals surface area contributed by atoms with Crippen LogP contribution in [-0.4, -0.2) is 38.5 Å². The van der Waals surface area contributed by atoms with E-state index in [0.29, 0.717) is 0 Å². The van der Waals surface area contributed by atoms with Crippen LogP contribution in [0.15, 0.2) is 42.5 Å². The second kappa shape index (κ2) is 8.55. The zero-order valence-electron chi connectivity index (χ0n) is 14.4. The van der Waals surface area contributed by atoms with Crippen LogP contribution >= 0.6 is 0 Å². The Morgan fingerprint density at radius 1 is 1.20 bits per heavy atom. The molecule has 0 amide bonds. The van der Waals surface area contributed by atoms with Crippen molar-refractivity contribution >= 4 is 12.0 Å². The molecule has 0 aliphatic carbocycles. The quantitative estimate of drug-likeness (QED) is 0.720. The Bertz CT molecular complexity index is 756. The monoisotopic (exact) mass is 341 g/mol. The zero-order valence-corrected chi connectivity index (χ0v) is 14.4. The highest BCUT2D eigenvalue weighted by Crippen LogP contribution is 2.27. The largest absolute Gasteiger partial charge is 0.481 e. The number of carboxylic acids is 1. The maximum absolute atomic E-state index is 10.6. The fraction of sp³-hybridized carbons (Fsp3) is 0.300. The first-order chi connectivity index (χ1) is 11.9. The summed E-state index contributed by atoms with van der Waals surface area (Å²) in [6.45, 7) is 3.84. The summed E-state index contributed by atoms with van der Waals surface area (Å²) >= 11 is 0. The average Bonchev–Trinajstić information content (AvgIpc) is 2.53. The van der Waals surface area contributed by atoms with Crippen molar-refractivity contribution in [1.29, 1.82) is 0 Å². The van der Waals surface area contributed by atoms with Gasteiger partial charge in [-0.25, -0.2) is 0 Å². The predicted molar refractivity (Wildman–Crippen MR) is 97.1 cm³/mol. The van der Waals surface area contributed by atoms with Crippen molar-refractivity contribution in [3.8, 4) is 11.1 Å². The maximum Gasteiger partial charge on any atom is 0.305 e. The summed E-state index contributed by atoms with van der Waals surface area (Å²) in [4.78, 5) is 15.1. The SMILES string of the molecule is Cc1cc(-c2ccccc2)c(C=CC(O)CC(O)CC(=O)O)c(C)n1. The number of carboxylic acid groups (broad SMARTS) is 1. The lowest BCUT2D eigenvalue weighted by atomic mass is 9.97. The zero-order chi connectivity index (χ0) is 18.4. The molecular formula is C20H23NO4. The molecule has 1 heterocycles. The van der Waals surface area contributed by atoms with Crippen LogP contribution in [0.5, 0.6) is 0 Å². The second-order valence-corrected chi connectivity index (χ2v) is 6.09. The molecule has 5 heteroatoms. The molecule has 1 aromatic heterocycles. The van der Waals surface area contributed by atoms with Crippen molar-refractivity contribution in [2.24, 2.45) is 0 Å². The van der Waals surface area contributed by atoms with E-state index in [1.165, 1.54) is 0 Å². The Hall–Kier alpha value is -2.50. The third-order valence-electron chi connectivity index (χ3n) is 3.87. The molecule has 0 radical (unpaired) electrons.